The first kappa shape index (κ1) is 24.3. The van der Waals surface area contributed by atoms with E-state index in [1.165, 1.54) is 6.20 Å². The minimum absolute atomic E-state index is 0.0193. The third kappa shape index (κ3) is 6.03. The molecule has 0 aromatic carbocycles. The number of nitrogens with zero attached hydrogens (tertiary/aromatic N) is 3. The zero-order chi connectivity index (χ0) is 22.5. The molecule has 0 radical (unpaired) electrons. The number of aromatic nitrogens is 2. The second kappa shape index (κ2) is 10.4. The SMILES string of the molecule is C=C(F)/C(=C\C(F)=C\F)C[C@@H](N)C[C@H](CN)N1Cc2cn(S(=O)(=O)CCC)nc2C1. The Morgan fingerprint density at radius 1 is 1.40 bits per heavy atom. The Morgan fingerprint density at radius 2 is 2.10 bits per heavy atom. The fourth-order valence-corrected chi connectivity index (χ4v) is 4.67. The minimum Gasteiger partial charge on any atom is -0.329 e. The van der Waals surface area contributed by atoms with Gasteiger partial charge in [0.1, 0.15) is 12.2 Å². The van der Waals surface area contributed by atoms with Gasteiger partial charge in [0.15, 0.2) is 5.83 Å². The summed E-state index contributed by atoms with van der Waals surface area (Å²) < 4.78 is 64.3. The molecule has 2 heterocycles. The maximum absolute atomic E-state index is 13.5. The Hall–Kier alpha value is -1.95. The Labute approximate surface area is 175 Å². The van der Waals surface area contributed by atoms with Gasteiger partial charge < -0.3 is 11.5 Å². The van der Waals surface area contributed by atoms with E-state index >= 15 is 0 Å². The zero-order valence-corrected chi connectivity index (χ0v) is 17.7. The zero-order valence-electron chi connectivity index (χ0n) is 16.9. The lowest BCUT2D eigenvalue weighted by Gasteiger charge is -2.29. The first-order chi connectivity index (χ1) is 14.1. The molecule has 0 unspecified atom stereocenters. The summed E-state index contributed by atoms with van der Waals surface area (Å²) in [6.07, 6.45) is 2.82. The Balaban J connectivity index is 2.03. The summed E-state index contributed by atoms with van der Waals surface area (Å²) in [5.41, 5.74) is 13.3. The molecule has 0 spiro atoms. The van der Waals surface area contributed by atoms with E-state index in [0.717, 1.165) is 15.7 Å². The van der Waals surface area contributed by atoms with Crippen LogP contribution in [0.4, 0.5) is 13.2 Å². The van der Waals surface area contributed by atoms with Gasteiger partial charge in [0.05, 0.1) is 11.4 Å². The number of hydrogen-bond donors (Lipinski definition) is 2. The van der Waals surface area contributed by atoms with Gasteiger partial charge in [0.2, 0.25) is 0 Å². The van der Waals surface area contributed by atoms with Crippen molar-refractivity contribution in [2.75, 3.05) is 12.3 Å². The summed E-state index contributed by atoms with van der Waals surface area (Å²) in [6.45, 7) is 6.06. The number of nitrogens with two attached hydrogens (primary N) is 2. The lowest BCUT2D eigenvalue weighted by molar-refractivity contribution is 0.182. The van der Waals surface area contributed by atoms with Crippen molar-refractivity contribution in [1.29, 1.82) is 0 Å². The average Bonchev–Trinajstić information content (AvgIpc) is 3.25. The van der Waals surface area contributed by atoms with Crippen molar-refractivity contribution in [2.45, 2.75) is 51.4 Å². The monoisotopic (exact) mass is 447 g/mol. The highest BCUT2D eigenvalue weighted by Gasteiger charge is 2.30. The van der Waals surface area contributed by atoms with E-state index < -0.39 is 27.7 Å². The summed E-state index contributed by atoms with van der Waals surface area (Å²) in [5.74, 6) is -2.08. The molecule has 0 amide bonds. The van der Waals surface area contributed by atoms with Crippen LogP contribution in [0.25, 0.3) is 0 Å². The fourth-order valence-electron chi connectivity index (χ4n) is 3.46. The van der Waals surface area contributed by atoms with Crippen LogP contribution in [0.1, 0.15) is 37.4 Å². The second-order valence-electron chi connectivity index (χ2n) is 7.35. The lowest BCUT2D eigenvalue weighted by Crippen LogP contribution is -2.42. The van der Waals surface area contributed by atoms with Gasteiger partial charge in [0, 0.05) is 43.5 Å². The molecule has 0 saturated carbocycles. The van der Waals surface area contributed by atoms with Crippen LogP contribution in [-0.2, 0) is 23.1 Å². The molecule has 1 aromatic rings. The topological polar surface area (TPSA) is 107 Å². The highest BCUT2D eigenvalue weighted by atomic mass is 32.2. The third-order valence-electron chi connectivity index (χ3n) is 4.94. The van der Waals surface area contributed by atoms with Gasteiger partial charge in [-0.1, -0.05) is 13.5 Å². The van der Waals surface area contributed by atoms with Gasteiger partial charge in [-0.05, 0) is 30.9 Å². The molecule has 1 aliphatic heterocycles. The second-order valence-corrected chi connectivity index (χ2v) is 9.30. The number of rotatable bonds is 11. The Kier molecular flexibility index (Phi) is 8.42. The van der Waals surface area contributed by atoms with Gasteiger partial charge in [-0.25, -0.2) is 21.6 Å². The third-order valence-corrected chi connectivity index (χ3v) is 6.62. The van der Waals surface area contributed by atoms with Crippen molar-refractivity contribution in [2.24, 2.45) is 11.5 Å². The molecule has 1 aromatic heterocycles. The molecule has 0 aliphatic carbocycles. The van der Waals surface area contributed by atoms with Crippen molar-refractivity contribution in [3.8, 4) is 0 Å². The predicted octanol–water partition coefficient (Wildman–Crippen LogP) is 2.41. The summed E-state index contributed by atoms with van der Waals surface area (Å²) in [6, 6.07) is -0.743. The van der Waals surface area contributed by atoms with Gasteiger partial charge in [-0.2, -0.15) is 9.19 Å². The normalized spacial score (nSPS) is 17.8. The molecule has 0 fully saturated rings. The molecule has 0 bridgehead atoms. The van der Waals surface area contributed by atoms with Crippen molar-refractivity contribution in [3.05, 3.63) is 53.7 Å². The van der Waals surface area contributed by atoms with Crippen LogP contribution >= 0.6 is 0 Å². The number of allylic oxidation sites excluding steroid dienone is 3. The highest BCUT2D eigenvalue weighted by molar-refractivity contribution is 7.89. The minimum atomic E-state index is -3.45. The van der Waals surface area contributed by atoms with Crippen molar-refractivity contribution < 1.29 is 21.6 Å². The number of fused-ring (bicyclic) bond motifs is 1. The van der Waals surface area contributed by atoms with Crippen LogP contribution in [0, 0.1) is 0 Å². The molecular weight excluding hydrogens is 419 g/mol. The standard InChI is InChI=1S/C19H28F3N5O2S/c1-3-4-30(28,29)27-11-15-10-26(12-19(15)25-27)18(9-23)7-17(24)6-14(13(2)21)5-16(22)8-20/h5,8,11,17-18H,2-4,6-7,9-10,12,23-24H2,1H3/b14-5-,16-8-/t17-,18-/m1/s1. The lowest BCUT2D eigenvalue weighted by atomic mass is 9.98. The van der Waals surface area contributed by atoms with E-state index in [0.29, 0.717) is 31.6 Å². The van der Waals surface area contributed by atoms with E-state index in [2.05, 4.69) is 11.7 Å². The van der Waals surface area contributed by atoms with E-state index in [9.17, 15) is 21.6 Å². The first-order valence-electron chi connectivity index (χ1n) is 9.62. The Morgan fingerprint density at radius 3 is 2.63 bits per heavy atom. The smallest absolute Gasteiger partial charge is 0.253 e. The van der Waals surface area contributed by atoms with E-state index in [4.69, 9.17) is 11.5 Å². The fraction of sp³-hybridized carbons (Fsp3) is 0.526. The van der Waals surface area contributed by atoms with Crippen molar-refractivity contribution >= 4 is 10.0 Å². The molecule has 11 heteroatoms. The molecule has 1 aliphatic rings. The van der Waals surface area contributed by atoms with Crippen LogP contribution in [0.2, 0.25) is 0 Å². The largest absolute Gasteiger partial charge is 0.329 e. The molecule has 2 rings (SSSR count). The molecule has 4 N–H and O–H groups in total. The molecular formula is C19H28F3N5O2S. The van der Waals surface area contributed by atoms with E-state index in [1.54, 1.807) is 6.92 Å². The van der Waals surface area contributed by atoms with Crippen LogP contribution in [0.3, 0.4) is 0 Å². The molecule has 7 nitrogen and oxygen atoms in total. The summed E-state index contributed by atoms with van der Waals surface area (Å²) in [7, 11) is -3.45. The van der Waals surface area contributed by atoms with Crippen LogP contribution in [-0.4, -0.2) is 46.9 Å². The highest BCUT2D eigenvalue weighted by Crippen LogP contribution is 2.27. The summed E-state index contributed by atoms with van der Waals surface area (Å²) in [4.78, 5) is 2.02. The maximum atomic E-state index is 13.5. The van der Waals surface area contributed by atoms with Crippen LogP contribution in [0.5, 0.6) is 0 Å². The quantitative estimate of drug-likeness (QED) is 0.505. The van der Waals surface area contributed by atoms with Crippen LogP contribution in [0.15, 0.2) is 42.4 Å². The number of hydrogen-bond acceptors (Lipinski definition) is 6. The van der Waals surface area contributed by atoms with Gasteiger partial charge in [0.25, 0.3) is 10.0 Å². The molecule has 168 valence electrons. The van der Waals surface area contributed by atoms with Gasteiger partial charge >= 0.3 is 0 Å². The van der Waals surface area contributed by atoms with E-state index in [1.807, 2.05) is 4.90 Å². The average molecular weight is 448 g/mol. The van der Waals surface area contributed by atoms with Crippen molar-refractivity contribution in [3.63, 3.8) is 0 Å². The van der Waals surface area contributed by atoms with Gasteiger partial charge in [-0.3, -0.25) is 4.90 Å². The molecule has 30 heavy (non-hydrogen) atoms. The van der Waals surface area contributed by atoms with Crippen LogP contribution < -0.4 is 11.5 Å². The first-order valence-corrected chi connectivity index (χ1v) is 11.2. The Bertz CT molecular complexity index is 903. The number of halogens is 3. The van der Waals surface area contributed by atoms with E-state index in [-0.39, 0.29) is 36.7 Å². The summed E-state index contributed by atoms with van der Waals surface area (Å²) in [5, 5.41) is 4.20. The predicted molar refractivity (Wildman–Crippen MR) is 110 cm³/mol. The van der Waals surface area contributed by atoms with Gasteiger partial charge in [-0.15, -0.1) is 0 Å². The maximum Gasteiger partial charge on any atom is 0.253 e. The molecule has 0 saturated heterocycles. The summed E-state index contributed by atoms with van der Waals surface area (Å²) >= 11 is 0. The van der Waals surface area contributed by atoms with Crippen molar-refractivity contribution in [1.82, 2.24) is 14.1 Å². The molecule has 2 atom stereocenters.